The molecule has 3 heteroatoms. The Labute approximate surface area is 91.5 Å². The minimum atomic E-state index is -1.10. The van der Waals surface area contributed by atoms with Crippen molar-refractivity contribution in [3.8, 4) is 0 Å². The molecule has 0 aromatic rings. The Morgan fingerprint density at radius 3 is 2.00 bits per heavy atom. The van der Waals surface area contributed by atoms with Gasteiger partial charge in [0.2, 0.25) is 0 Å². The van der Waals surface area contributed by atoms with E-state index in [0.29, 0.717) is 6.42 Å². The fourth-order valence-electron chi connectivity index (χ4n) is 1.05. The van der Waals surface area contributed by atoms with Crippen LogP contribution in [0.4, 0.5) is 0 Å². The van der Waals surface area contributed by atoms with Gasteiger partial charge < -0.3 is 4.74 Å². The Morgan fingerprint density at radius 1 is 1.27 bits per heavy atom. The van der Waals surface area contributed by atoms with Crippen LogP contribution in [-0.4, -0.2) is 17.4 Å². The van der Waals surface area contributed by atoms with Gasteiger partial charge >= 0.3 is 5.97 Å². The lowest BCUT2D eigenvalue weighted by Crippen LogP contribution is -2.40. The van der Waals surface area contributed by atoms with Gasteiger partial charge in [-0.15, -0.1) is 6.58 Å². The van der Waals surface area contributed by atoms with Gasteiger partial charge in [0.1, 0.15) is 16.8 Å². The maximum Gasteiger partial charge on any atom is 0.320 e. The van der Waals surface area contributed by atoms with Crippen LogP contribution in [0.3, 0.4) is 0 Å². The molecular weight excluding hydrogens is 192 g/mol. The molecule has 0 aromatic heterocycles. The predicted octanol–water partition coefficient (Wildman–Crippen LogP) is 2.50. The highest BCUT2D eigenvalue weighted by atomic mass is 16.6. The molecule has 0 aromatic carbocycles. The van der Waals surface area contributed by atoms with Crippen LogP contribution in [0, 0.1) is 5.41 Å². The van der Waals surface area contributed by atoms with Gasteiger partial charge in [-0.25, -0.2) is 0 Å². The summed E-state index contributed by atoms with van der Waals surface area (Å²) in [4.78, 5) is 23.3. The summed E-state index contributed by atoms with van der Waals surface area (Å²) in [7, 11) is 0. The molecule has 0 aliphatic heterocycles. The van der Waals surface area contributed by atoms with Crippen LogP contribution in [0.25, 0.3) is 0 Å². The van der Waals surface area contributed by atoms with E-state index in [0.717, 1.165) is 0 Å². The van der Waals surface area contributed by atoms with E-state index in [1.54, 1.807) is 33.8 Å². The van der Waals surface area contributed by atoms with Crippen molar-refractivity contribution < 1.29 is 14.3 Å². The summed E-state index contributed by atoms with van der Waals surface area (Å²) in [5, 5.41) is 0. The number of esters is 1. The summed E-state index contributed by atoms with van der Waals surface area (Å²) in [6, 6.07) is 0. The number of carbonyl (C=O) groups excluding carboxylic acids is 2. The summed E-state index contributed by atoms with van der Waals surface area (Å²) in [5.74, 6) is -0.681. The first-order valence-electron chi connectivity index (χ1n) is 4.99. The highest BCUT2D eigenvalue weighted by Crippen LogP contribution is 2.27. The van der Waals surface area contributed by atoms with E-state index in [1.165, 1.54) is 6.92 Å². The van der Waals surface area contributed by atoms with Crippen molar-refractivity contribution in [3.05, 3.63) is 12.7 Å². The van der Waals surface area contributed by atoms with E-state index >= 15 is 0 Å². The smallest absolute Gasteiger partial charge is 0.320 e. The summed E-state index contributed by atoms with van der Waals surface area (Å²) < 4.78 is 5.21. The van der Waals surface area contributed by atoms with Crippen LogP contribution < -0.4 is 0 Å². The van der Waals surface area contributed by atoms with Crippen LogP contribution in [0.2, 0.25) is 0 Å². The monoisotopic (exact) mass is 212 g/mol. The molecule has 0 heterocycles. The molecule has 0 N–H and O–H groups in total. The topological polar surface area (TPSA) is 43.4 Å². The number of hydrogen-bond donors (Lipinski definition) is 0. The lowest BCUT2D eigenvalue weighted by molar-refractivity contribution is -0.168. The lowest BCUT2D eigenvalue weighted by atomic mass is 9.83. The maximum atomic E-state index is 11.8. The molecule has 1 atom stereocenters. The van der Waals surface area contributed by atoms with Gasteiger partial charge in [0.05, 0.1) is 0 Å². The third kappa shape index (κ3) is 3.86. The zero-order chi connectivity index (χ0) is 12.3. The van der Waals surface area contributed by atoms with Crippen LogP contribution in [0.15, 0.2) is 12.7 Å². The first kappa shape index (κ1) is 13.9. The van der Waals surface area contributed by atoms with Crippen molar-refractivity contribution in [2.45, 2.75) is 46.6 Å². The molecule has 0 rings (SSSR count). The molecule has 0 bridgehead atoms. The van der Waals surface area contributed by atoms with Crippen LogP contribution >= 0.6 is 0 Å². The molecular formula is C12H20O3. The van der Waals surface area contributed by atoms with Gasteiger partial charge in [-0.3, -0.25) is 9.59 Å². The molecule has 0 fully saturated rings. The van der Waals surface area contributed by atoms with Crippen LogP contribution in [-0.2, 0) is 14.3 Å². The molecule has 0 radical (unpaired) electrons. The zero-order valence-corrected chi connectivity index (χ0v) is 10.2. The van der Waals surface area contributed by atoms with Crippen molar-refractivity contribution in [3.63, 3.8) is 0 Å². The van der Waals surface area contributed by atoms with Gasteiger partial charge in [0.15, 0.2) is 0 Å². The normalized spacial score (nSPS) is 15.3. The Balaban J connectivity index is 4.87. The average molecular weight is 212 g/mol. The Hall–Kier alpha value is -1.12. The minimum Gasteiger partial charge on any atom is -0.459 e. The van der Waals surface area contributed by atoms with E-state index in [4.69, 9.17) is 4.74 Å². The molecule has 0 amide bonds. The second kappa shape index (κ2) is 4.60. The third-order valence-corrected chi connectivity index (χ3v) is 2.18. The number of allylic oxidation sites excluding steroid dienone is 1. The molecule has 0 aliphatic rings. The summed E-state index contributed by atoms with van der Waals surface area (Å²) in [6.45, 7) is 11.9. The fraction of sp³-hybridized carbons (Fsp3) is 0.667. The Morgan fingerprint density at radius 2 is 1.73 bits per heavy atom. The van der Waals surface area contributed by atoms with Crippen molar-refractivity contribution in [1.82, 2.24) is 0 Å². The first-order valence-corrected chi connectivity index (χ1v) is 4.99. The van der Waals surface area contributed by atoms with Crippen molar-refractivity contribution >= 4 is 11.8 Å². The molecule has 0 saturated heterocycles. The zero-order valence-electron chi connectivity index (χ0n) is 10.2. The van der Waals surface area contributed by atoms with Gasteiger partial charge in [0, 0.05) is 0 Å². The minimum absolute atomic E-state index is 0.198. The Bertz CT molecular complexity index is 273. The number of rotatable bonds is 4. The molecule has 1 unspecified atom stereocenters. The number of hydrogen-bond acceptors (Lipinski definition) is 3. The lowest BCUT2D eigenvalue weighted by Gasteiger charge is -2.28. The van der Waals surface area contributed by atoms with Crippen LogP contribution in [0.5, 0.6) is 0 Å². The second-order valence-electron chi connectivity index (χ2n) is 4.88. The largest absolute Gasteiger partial charge is 0.459 e. The number of ether oxygens (including phenoxy) is 1. The average Bonchev–Trinajstić information content (AvgIpc) is 2.00. The van der Waals surface area contributed by atoms with Crippen LogP contribution in [0.1, 0.15) is 41.0 Å². The number of carbonyl (C=O) groups is 2. The van der Waals surface area contributed by atoms with Gasteiger partial charge in [-0.2, -0.15) is 0 Å². The highest BCUT2D eigenvalue weighted by molar-refractivity contribution is 6.02. The molecule has 3 nitrogen and oxygen atoms in total. The van der Waals surface area contributed by atoms with Crippen molar-refractivity contribution in [2.75, 3.05) is 0 Å². The molecule has 15 heavy (non-hydrogen) atoms. The quantitative estimate of drug-likeness (QED) is 0.408. The molecule has 86 valence electrons. The summed E-state index contributed by atoms with van der Waals surface area (Å²) >= 11 is 0. The Kier molecular flexibility index (Phi) is 4.26. The van der Waals surface area contributed by atoms with Crippen molar-refractivity contribution in [1.29, 1.82) is 0 Å². The highest BCUT2D eigenvalue weighted by Gasteiger charge is 2.40. The fourth-order valence-corrected chi connectivity index (χ4v) is 1.05. The van der Waals surface area contributed by atoms with Crippen molar-refractivity contribution in [2.24, 2.45) is 5.41 Å². The number of Topliss-reactive ketones (excluding diaryl/α,β-unsaturated/α-hetero) is 1. The first-order chi connectivity index (χ1) is 6.63. The SMILES string of the molecule is C=CCC(C)(C(C)=O)C(=O)OC(C)(C)C. The standard InChI is InChI=1S/C12H20O3/c1-7-8-12(6,9(2)13)10(14)15-11(3,4)5/h7H,1,8H2,2-6H3. The molecule has 0 aliphatic carbocycles. The van der Waals surface area contributed by atoms with E-state index in [1.807, 2.05) is 0 Å². The second-order valence-corrected chi connectivity index (χ2v) is 4.88. The third-order valence-electron chi connectivity index (χ3n) is 2.18. The molecule has 0 spiro atoms. The summed E-state index contributed by atoms with van der Waals surface area (Å²) in [5.41, 5.74) is -1.68. The van der Waals surface area contributed by atoms with Gasteiger partial charge in [-0.1, -0.05) is 6.08 Å². The summed E-state index contributed by atoms with van der Waals surface area (Å²) in [6.07, 6.45) is 1.86. The van der Waals surface area contributed by atoms with E-state index in [-0.39, 0.29) is 5.78 Å². The van der Waals surface area contributed by atoms with E-state index < -0.39 is 17.0 Å². The predicted molar refractivity (Wildman–Crippen MR) is 59.4 cm³/mol. The van der Waals surface area contributed by atoms with E-state index in [2.05, 4.69) is 6.58 Å². The number of ketones is 1. The van der Waals surface area contributed by atoms with Gasteiger partial charge in [0.25, 0.3) is 0 Å². The molecule has 0 saturated carbocycles. The van der Waals surface area contributed by atoms with Gasteiger partial charge in [-0.05, 0) is 41.0 Å². The maximum absolute atomic E-state index is 11.8. The van der Waals surface area contributed by atoms with E-state index in [9.17, 15) is 9.59 Å².